The summed E-state index contributed by atoms with van der Waals surface area (Å²) in [7, 11) is 0. The van der Waals surface area contributed by atoms with Crippen LogP contribution in [0.15, 0.2) is 65.2 Å². The first-order valence-electron chi connectivity index (χ1n) is 11.1. The fraction of sp³-hybridized carbons (Fsp3) is 0.346. The number of rotatable bonds is 7. The summed E-state index contributed by atoms with van der Waals surface area (Å²) in [6.45, 7) is 3.94. The lowest BCUT2D eigenvalue weighted by Gasteiger charge is -2.32. The van der Waals surface area contributed by atoms with E-state index in [4.69, 9.17) is 9.26 Å². The Balaban J connectivity index is 1.05. The number of nitrogens with zero attached hydrogens (tertiary/aromatic N) is 2. The molecule has 160 valence electrons. The van der Waals surface area contributed by atoms with E-state index in [1.165, 1.54) is 41.3 Å². The molecule has 1 aromatic heterocycles. The monoisotopic (exact) mass is 418 g/mol. The molecule has 5 rings (SSSR count). The zero-order valence-corrected chi connectivity index (χ0v) is 17.6. The predicted octanol–water partition coefficient (Wildman–Crippen LogP) is 6.19. The van der Waals surface area contributed by atoms with Gasteiger partial charge in [-0.3, -0.25) is 4.90 Å². The Kier molecular flexibility index (Phi) is 5.85. The summed E-state index contributed by atoms with van der Waals surface area (Å²) in [6, 6.07) is 19.7. The summed E-state index contributed by atoms with van der Waals surface area (Å²) < 4.78 is 24.2. The minimum absolute atomic E-state index is 0.331. The summed E-state index contributed by atoms with van der Waals surface area (Å²) in [5, 5.41) is 7.27. The second kappa shape index (κ2) is 9.06. The van der Waals surface area contributed by atoms with Crippen LogP contribution in [0, 0.1) is 11.7 Å². The second-order valence-corrected chi connectivity index (χ2v) is 8.52. The third-order valence-electron chi connectivity index (χ3n) is 6.32. The molecule has 4 nitrogen and oxygen atoms in total. The SMILES string of the molecule is Fc1ccc2c(OCCCC3CCN(Cc4ccc5ccccc5c4)CC3)noc2c1. The zero-order chi connectivity index (χ0) is 21.0. The van der Waals surface area contributed by atoms with Gasteiger partial charge in [-0.2, -0.15) is 0 Å². The van der Waals surface area contributed by atoms with Crippen molar-refractivity contribution in [2.75, 3.05) is 19.7 Å². The molecule has 5 heteroatoms. The molecule has 2 heterocycles. The van der Waals surface area contributed by atoms with Crippen molar-refractivity contribution in [1.82, 2.24) is 10.1 Å². The number of fused-ring (bicyclic) bond motifs is 2. The highest BCUT2D eigenvalue weighted by Gasteiger charge is 2.19. The molecule has 0 aliphatic carbocycles. The van der Waals surface area contributed by atoms with Crippen molar-refractivity contribution >= 4 is 21.7 Å². The molecule has 1 aliphatic heterocycles. The van der Waals surface area contributed by atoms with Gasteiger partial charge in [-0.05, 0) is 84.4 Å². The lowest BCUT2D eigenvalue weighted by molar-refractivity contribution is 0.165. The largest absolute Gasteiger partial charge is 0.475 e. The minimum atomic E-state index is -0.331. The van der Waals surface area contributed by atoms with Crippen molar-refractivity contribution in [2.45, 2.75) is 32.2 Å². The maximum Gasteiger partial charge on any atom is 0.262 e. The molecule has 4 aromatic rings. The van der Waals surface area contributed by atoms with Crippen LogP contribution in [0.1, 0.15) is 31.2 Å². The summed E-state index contributed by atoms with van der Waals surface area (Å²) in [6.07, 6.45) is 4.62. The highest BCUT2D eigenvalue weighted by atomic mass is 19.1. The quantitative estimate of drug-likeness (QED) is 0.335. The standard InChI is InChI=1S/C26H27FN2O2/c27-23-9-10-24-25(17-23)31-28-26(24)30-15-3-4-19-11-13-29(14-12-19)18-20-7-8-21-5-1-2-6-22(21)16-20/h1-2,5-10,16-17,19H,3-4,11-15,18H2. The van der Waals surface area contributed by atoms with Crippen LogP contribution >= 0.6 is 0 Å². The van der Waals surface area contributed by atoms with Crippen molar-refractivity contribution in [1.29, 1.82) is 0 Å². The van der Waals surface area contributed by atoms with Gasteiger partial charge in [0, 0.05) is 12.6 Å². The Labute approximate surface area is 181 Å². The van der Waals surface area contributed by atoms with Gasteiger partial charge in [0.2, 0.25) is 0 Å². The Bertz CT molecular complexity index is 1160. The van der Waals surface area contributed by atoms with E-state index in [1.807, 2.05) is 0 Å². The predicted molar refractivity (Wildman–Crippen MR) is 121 cm³/mol. The van der Waals surface area contributed by atoms with Crippen LogP contribution < -0.4 is 4.74 Å². The first-order chi connectivity index (χ1) is 15.2. The normalized spacial score (nSPS) is 15.6. The van der Waals surface area contributed by atoms with Gasteiger partial charge in [-0.25, -0.2) is 4.39 Å². The van der Waals surface area contributed by atoms with Crippen LogP contribution in [0.3, 0.4) is 0 Å². The molecular weight excluding hydrogens is 391 g/mol. The molecule has 0 N–H and O–H groups in total. The molecule has 3 aromatic carbocycles. The van der Waals surface area contributed by atoms with Gasteiger partial charge in [-0.1, -0.05) is 36.4 Å². The fourth-order valence-corrected chi connectivity index (χ4v) is 4.56. The molecule has 31 heavy (non-hydrogen) atoms. The average molecular weight is 419 g/mol. The van der Waals surface area contributed by atoms with Crippen LogP contribution in [0.2, 0.25) is 0 Å². The van der Waals surface area contributed by atoms with Crippen molar-refractivity contribution in [3.8, 4) is 5.88 Å². The van der Waals surface area contributed by atoms with Crippen LogP contribution in [0.25, 0.3) is 21.7 Å². The van der Waals surface area contributed by atoms with Gasteiger partial charge >= 0.3 is 0 Å². The highest BCUT2D eigenvalue weighted by Crippen LogP contribution is 2.27. The highest BCUT2D eigenvalue weighted by molar-refractivity contribution is 5.83. The lowest BCUT2D eigenvalue weighted by atomic mass is 9.92. The van der Waals surface area contributed by atoms with Gasteiger partial charge in [0.05, 0.1) is 12.0 Å². The van der Waals surface area contributed by atoms with Crippen LogP contribution in [-0.2, 0) is 6.54 Å². The maximum atomic E-state index is 13.2. The summed E-state index contributed by atoms with van der Waals surface area (Å²) in [5.74, 6) is 0.877. The van der Waals surface area contributed by atoms with Gasteiger partial charge < -0.3 is 9.26 Å². The van der Waals surface area contributed by atoms with Gasteiger partial charge in [-0.15, -0.1) is 0 Å². The summed E-state index contributed by atoms with van der Waals surface area (Å²) in [4.78, 5) is 2.57. The van der Waals surface area contributed by atoms with Crippen molar-refractivity contribution < 1.29 is 13.7 Å². The zero-order valence-electron chi connectivity index (χ0n) is 17.6. The van der Waals surface area contributed by atoms with E-state index >= 15 is 0 Å². The van der Waals surface area contributed by atoms with E-state index < -0.39 is 0 Å². The van der Waals surface area contributed by atoms with Crippen molar-refractivity contribution in [2.24, 2.45) is 5.92 Å². The van der Waals surface area contributed by atoms with Crippen LogP contribution in [0.4, 0.5) is 4.39 Å². The molecule has 0 bridgehead atoms. The summed E-state index contributed by atoms with van der Waals surface area (Å²) in [5.41, 5.74) is 1.82. The minimum Gasteiger partial charge on any atom is -0.475 e. The molecule has 1 fully saturated rings. The van der Waals surface area contributed by atoms with E-state index in [0.717, 1.165) is 43.8 Å². The maximum absolute atomic E-state index is 13.2. The molecule has 1 saturated heterocycles. The van der Waals surface area contributed by atoms with E-state index in [1.54, 1.807) is 6.07 Å². The Morgan fingerprint density at radius 3 is 2.71 bits per heavy atom. The van der Waals surface area contributed by atoms with Gasteiger partial charge in [0.25, 0.3) is 5.88 Å². The van der Waals surface area contributed by atoms with E-state index in [-0.39, 0.29) is 5.82 Å². The molecule has 0 radical (unpaired) electrons. The summed E-state index contributed by atoms with van der Waals surface area (Å²) >= 11 is 0. The average Bonchev–Trinajstić information content (AvgIpc) is 3.19. The van der Waals surface area contributed by atoms with Crippen molar-refractivity contribution in [3.05, 3.63) is 72.0 Å². The molecular formula is C26H27FN2O2. The first kappa shape index (κ1) is 20.0. The number of aromatic nitrogens is 1. The second-order valence-electron chi connectivity index (χ2n) is 8.52. The van der Waals surface area contributed by atoms with E-state index in [2.05, 4.69) is 52.5 Å². The fourth-order valence-electron chi connectivity index (χ4n) is 4.56. The smallest absolute Gasteiger partial charge is 0.262 e. The number of ether oxygens (including phenoxy) is 1. The number of hydrogen-bond acceptors (Lipinski definition) is 4. The van der Waals surface area contributed by atoms with E-state index in [0.29, 0.717) is 18.1 Å². The molecule has 0 saturated carbocycles. The number of benzene rings is 3. The topological polar surface area (TPSA) is 38.5 Å². The molecule has 0 atom stereocenters. The molecule has 0 amide bonds. The molecule has 0 unspecified atom stereocenters. The number of piperidine rings is 1. The number of likely N-dealkylation sites (tertiary alicyclic amines) is 1. The van der Waals surface area contributed by atoms with Crippen LogP contribution in [0.5, 0.6) is 5.88 Å². The first-order valence-corrected chi connectivity index (χ1v) is 11.1. The Morgan fingerprint density at radius 1 is 1.00 bits per heavy atom. The third-order valence-corrected chi connectivity index (χ3v) is 6.32. The van der Waals surface area contributed by atoms with Gasteiger partial charge in [0.1, 0.15) is 5.82 Å². The number of hydrogen-bond donors (Lipinski definition) is 0. The Hall–Kier alpha value is -2.92. The number of halogens is 1. The van der Waals surface area contributed by atoms with E-state index in [9.17, 15) is 4.39 Å². The molecule has 1 aliphatic rings. The Morgan fingerprint density at radius 2 is 1.84 bits per heavy atom. The van der Waals surface area contributed by atoms with Crippen LogP contribution in [-0.4, -0.2) is 29.8 Å². The van der Waals surface area contributed by atoms with Crippen molar-refractivity contribution in [3.63, 3.8) is 0 Å². The van der Waals surface area contributed by atoms with Gasteiger partial charge in [0.15, 0.2) is 5.58 Å². The lowest BCUT2D eigenvalue weighted by Crippen LogP contribution is -2.33. The molecule has 0 spiro atoms. The third kappa shape index (κ3) is 4.72.